The second-order valence-electron chi connectivity index (χ2n) is 6.60. The Labute approximate surface area is 149 Å². The van der Waals surface area contributed by atoms with Crippen molar-refractivity contribution >= 4 is 11.9 Å². The van der Waals surface area contributed by atoms with E-state index in [1.165, 1.54) is 11.1 Å². The van der Waals surface area contributed by atoms with E-state index in [2.05, 4.69) is 28.1 Å². The van der Waals surface area contributed by atoms with Gasteiger partial charge in [0.05, 0.1) is 12.6 Å². The maximum absolute atomic E-state index is 11.9. The molecule has 0 saturated heterocycles. The van der Waals surface area contributed by atoms with E-state index in [4.69, 9.17) is 4.74 Å². The van der Waals surface area contributed by atoms with E-state index in [1.54, 1.807) is 0 Å². The average Bonchev–Trinajstić information content (AvgIpc) is 2.59. The number of urea groups is 1. The monoisotopic (exact) mass is 347 g/mol. The third-order valence-corrected chi connectivity index (χ3v) is 4.19. The van der Waals surface area contributed by atoms with Gasteiger partial charge in [-0.15, -0.1) is 0 Å². The summed E-state index contributed by atoms with van der Waals surface area (Å²) in [4.78, 5) is 23.6. The summed E-state index contributed by atoms with van der Waals surface area (Å²) in [6, 6.07) is 8.03. The van der Waals surface area contributed by atoms with Gasteiger partial charge in [0.1, 0.15) is 0 Å². The van der Waals surface area contributed by atoms with Crippen LogP contribution >= 0.6 is 0 Å². The minimum atomic E-state index is -0.458. The molecule has 3 N–H and O–H groups in total. The summed E-state index contributed by atoms with van der Waals surface area (Å²) in [5.41, 5.74) is 2.60. The van der Waals surface area contributed by atoms with Gasteiger partial charge in [0.15, 0.2) is 0 Å². The molecule has 1 aromatic rings. The van der Waals surface area contributed by atoms with Crippen molar-refractivity contribution in [2.45, 2.75) is 51.7 Å². The lowest BCUT2D eigenvalue weighted by molar-refractivity contribution is -0.119. The van der Waals surface area contributed by atoms with Crippen LogP contribution in [0.1, 0.15) is 50.3 Å². The van der Waals surface area contributed by atoms with Crippen molar-refractivity contribution in [1.82, 2.24) is 16.0 Å². The Hall–Kier alpha value is -1.92. The summed E-state index contributed by atoms with van der Waals surface area (Å²) in [5, 5.41) is 8.27. The Kier molecular flexibility index (Phi) is 7.88. The predicted octanol–water partition coefficient (Wildman–Crippen LogP) is 2.29. The van der Waals surface area contributed by atoms with E-state index in [0.29, 0.717) is 13.2 Å². The molecule has 1 aliphatic rings. The summed E-state index contributed by atoms with van der Waals surface area (Å²) in [7, 11) is 0. The summed E-state index contributed by atoms with van der Waals surface area (Å²) in [6.45, 7) is 5.14. The molecule has 0 spiro atoms. The van der Waals surface area contributed by atoms with Gasteiger partial charge in [-0.05, 0) is 50.7 Å². The molecule has 3 amide bonds. The zero-order valence-corrected chi connectivity index (χ0v) is 15.1. The van der Waals surface area contributed by atoms with E-state index in [0.717, 1.165) is 25.7 Å². The first-order chi connectivity index (χ1) is 12.1. The van der Waals surface area contributed by atoms with Gasteiger partial charge in [-0.3, -0.25) is 10.1 Å². The lowest BCUT2D eigenvalue weighted by atomic mass is 9.88. The zero-order valence-electron chi connectivity index (χ0n) is 15.1. The Morgan fingerprint density at radius 2 is 2.08 bits per heavy atom. The zero-order chi connectivity index (χ0) is 18.1. The Balaban J connectivity index is 1.65. The number of rotatable bonds is 8. The molecule has 0 heterocycles. The molecule has 6 nitrogen and oxygen atoms in total. The van der Waals surface area contributed by atoms with Crippen LogP contribution in [0.25, 0.3) is 0 Å². The number of aryl methyl sites for hydroxylation is 1. The van der Waals surface area contributed by atoms with Crippen LogP contribution in [0.2, 0.25) is 0 Å². The third kappa shape index (κ3) is 6.84. The molecule has 0 unspecified atom stereocenters. The number of carbonyl (C=O) groups is 2. The highest BCUT2D eigenvalue weighted by Crippen LogP contribution is 2.29. The van der Waals surface area contributed by atoms with Crippen LogP contribution < -0.4 is 16.0 Å². The maximum Gasteiger partial charge on any atom is 0.321 e. The summed E-state index contributed by atoms with van der Waals surface area (Å²) >= 11 is 0. The number of benzene rings is 1. The molecule has 0 aliphatic heterocycles. The Bertz CT molecular complexity index is 575. The van der Waals surface area contributed by atoms with E-state index < -0.39 is 6.03 Å². The number of hydrogen-bond acceptors (Lipinski definition) is 4. The van der Waals surface area contributed by atoms with Crippen LogP contribution in [0.4, 0.5) is 4.79 Å². The van der Waals surface area contributed by atoms with E-state index in [-0.39, 0.29) is 24.6 Å². The standard InChI is InChI=1S/C19H29N3O3/c1-14(2)25-12-6-11-20-19(24)22-18(23)13-21-17-10-5-8-15-7-3-4-9-16(15)17/h3-4,7,9,14,17,21H,5-6,8,10-13H2,1-2H3,(H2,20,22,23,24)/t17-/m0/s1. The third-order valence-electron chi connectivity index (χ3n) is 4.19. The number of nitrogens with one attached hydrogen (secondary N) is 3. The van der Waals surface area contributed by atoms with Gasteiger partial charge in [-0.1, -0.05) is 24.3 Å². The number of carbonyl (C=O) groups excluding carboxylic acids is 2. The second-order valence-corrected chi connectivity index (χ2v) is 6.60. The van der Waals surface area contributed by atoms with Gasteiger partial charge in [0.25, 0.3) is 0 Å². The summed E-state index contributed by atoms with van der Waals surface area (Å²) in [6.07, 6.45) is 4.11. The summed E-state index contributed by atoms with van der Waals surface area (Å²) in [5.74, 6) is -0.320. The molecule has 25 heavy (non-hydrogen) atoms. The van der Waals surface area contributed by atoms with Crippen molar-refractivity contribution in [2.24, 2.45) is 0 Å². The fraction of sp³-hybridized carbons (Fsp3) is 0.579. The highest BCUT2D eigenvalue weighted by Gasteiger charge is 2.20. The fourth-order valence-electron chi connectivity index (χ4n) is 2.99. The molecule has 6 heteroatoms. The van der Waals surface area contributed by atoms with Gasteiger partial charge >= 0.3 is 6.03 Å². The molecule has 0 saturated carbocycles. The second kappa shape index (κ2) is 10.2. The molecule has 0 bridgehead atoms. The van der Waals surface area contributed by atoms with Crippen LogP contribution in [-0.2, 0) is 16.0 Å². The SMILES string of the molecule is CC(C)OCCCNC(=O)NC(=O)CN[C@H]1CCCc2ccccc21. The molecular weight excluding hydrogens is 318 g/mol. The maximum atomic E-state index is 11.9. The molecule has 0 radical (unpaired) electrons. The van der Waals surface area contributed by atoms with Crippen molar-refractivity contribution in [2.75, 3.05) is 19.7 Å². The topological polar surface area (TPSA) is 79.5 Å². The number of hydrogen-bond donors (Lipinski definition) is 3. The van der Waals surface area contributed by atoms with Gasteiger partial charge in [0, 0.05) is 19.2 Å². The lowest BCUT2D eigenvalue weighted by Gasteiger charge is -2.26. The molecule has 1 aromatic carbocycles. The first-order valence-corrected chi connectivity index (χ1v) is 9.06. The van der Waals surface area contributed by atoms with Gasteiger partial charge < -0.3 is 15.4 Å². The number of ether oxygens (including phenoxy) is 1. The van der Waals surface area contributed by atoms with Crippen LogP contribution in [0, 0.1) is 0 Å². The molecule has 1 aliphatic carbocycles. The van der Waals surface area contributed by atoms with Gasteiger partial charge in [-0.25, -0.2) is 4.79 Å². The van der Waals surface area contributed by atoms with Crippen molar-refractivity contribution in [3.05, 3.63) is 35.4 Å². The predicted molar refractivity (Wildman–Crippen MR) is 97.4 cm³/mol. The normalized spacial score (nSPS) is 16.4. The molecule has 0 aromatic heterocycles. The molecule has 2 rings (SSSR count). The molecule has 0 fully saturated rings. The van der Waals surface area contributed by atoms with Crippen LogP contribution in [-0.4, -0.2) is 37.7 Å². The van der Waals surface area contributed by atoms with Crippen LogP contribution in [0.3, 0.4) is 0 Å². The fourth-order valence-corrected chi connectivity index (χ4v) is 2.99. The summed E-state index contributed by atoms with van der Waals surface area (Å²) < 4.78 is 5.39. The highest BCUT2D eigenvalue weighted by molar-refractivity contribution is 5.95. The van der Waals surface area contributed by atoms with Crippen LogP contribution in [0.5, 0.6) is 0 Å². The quantitative estimate of drug-likeness (QED) is 0.631. The molecule has 1 atom stereocenters. The van der Waals surface area contributed by atoms with Crippen molar-refractivity contribution < 1.29 is 14.3 Å². The minimum absolute atomic E-state index is 0.128. The highest BCUT2D eigenvalue weighted by atomic mass is 16.5. The van der Waals surface area contributed by atoms with Crippen molar-refractivity contribution in [3.8, 4) is 0 Å². The van der Waals surface area contributed by atoms with E-state index in [9.17, 15) is 9.59 Å². The lowest BCUT2D eigenvalue weighted by Crippen LogP contribution is -2.44. The average molecular weight is 347 g/mol. The smallest absolute Gasteiger partial charge is 0.321 e. The Morgan fingerprint density at radius 3 is 2.88 bits per heavy atom. The first-order valence-electron chi connectivity index (χ1n) is 9.06. The first kappa shape index (κ1) is 19.4. The number of fused-ring (bicyclic) bond motifs is 1. The largest absolute Gasteiger partial charge is 0.379 e. The van der Waals surface area contributed by atoms with E-state index >= 15 is 0 Å². The number of imide groups is 1. The number of amides is 3. The van der Waals surface area contributed by atoms with Crippen LogP contribution in [0.15, 0.2) is 24.3 Å². The van der Waals surface area contributed by atoms with Gasteiger partial charge in [-0.2, -0.15) is 0 Å². The van der Waals surface area contributed by atoms with Gasteiger partial charge in [0.2, 0.25) is 5.91 Å². The minimum Gasteiger partial charge on any atom is -0.379 e. The molecular formula is C19H29N3O3. The van der Waals surface area contributed by atoms with Crippen molar-refractivity contribution in [3.63, 3.8) is 0 Å². The van der Waals surface area contributed by atoms with Crippen molar-refractivity contribution in [1.29, 1.82) is 0 Å². The van der Waals surface area contributed by atoms with E-state index in [1.807, 2.05) is 26.0 Å². The Morgan fingerprint density at radius 1 is 1.28 bits per heavy atom. The molecule has 138 valence electrons.